The van der Waals surface area contributed by atoms with Crippen LogP contribution in [0.1, 0.15) is 60.3 Å². The molecule has 0 unspecified atom stereocenters. The molecule has 0 saturated heterocycles. The summed E-state index contributed by atoms with van der Waals surface area (Å²) in [5.74, 6) is -0.0970. The van der Waals surface area contributed by atoms with E-state index in [1.807, 2.05) is 42.5 Å². The van der Waals surface area contributed by atoms with Crippen LogP contribution in [0.4, 0.5) is 17.1 Å². The standard InChI is InChI=1S/C26H37N3O3S/c1-19(2)29(23-9-7-6-8-10-23)24-17-15-21(16-18-24)27-25(30)20-11-13-22(14-12-20)28-33(31,32)26(3,4)5/h6-10,15-20,22,28H,11-14H2,1-5H3,(H,27,30). The maximum absolute atomic E-state index is 12.8. The van der Waals surface area contributed by atoms with E-state index in [9.17, 15) is 13.2 Å². The van der Waals surface area contributed by atoms with Gasteiger partial charge in [0.25, 0.3) is 0 Å². The summed E-state index contributed by atoms with van der Waals surface area (Å²) in [6.45, 7) is 9.39. The number of anilines is 3. The van der Waals surface area contributed by atoms with Crippen molar-refractivity contribution < 1.29 is 13.2 Å². The molecule has 0 spiro atoms. The van der Waals surface area contributed by atoms with Crippen LogP contribution in [0.2, 0.25) is 0 Å². The molecule has 1 aliphatic rings. The molecular formula is C26H37N3O3S. The van der Waals surface area contributed by atoms with E-state index in [0.29, 0.717) is 31.7 Å². The molecule has 0 aliphatic heterocycles. The van der Waals surface area contributed by atoms with Crippen molar-refractivity contribution in [1.29, 1.82) is 0 Å². The number of rotatable bonds is 7. The molecule has 1 saturated carbocycles. The first-order valence-corrected chi connectivity index (χ1v) is 13.2. The largest absolute Gasteiger partial charge is 0.339 e. The Labute approximate surface area is 198 Å². The zero-order valence-corrected chi connectivity index (χ0v) is 21.2. The van der Waals surface area contributed by atoms with E-state index in [2.05, 4.69) is 40.9 Å². The molecule has 0 atom stereocenters. The Balaban J connectivity index is 1.57. The molecule has 0 bridgehead atoms. The highest BCUT2D eigenvalue weighted by molar-refractivity contribution is 7.90. The van der Waals surface area contributed by atoms with Gasteiger partial charge in [0, 0.05) is 35.1 Å². The van der Waals surface area contributed by atoms with Crippen LogP contribution in [0.15, 0.2) is 54.6 Å². The molecule has 1 aliphatic carbocycles. The van der Waals surface area contributed by atoms with Gasteiger partial charge in [-0.1, -0.05) is 18.2 Å². The van der Waals surface area contributed by atoms with E-state index >= 15 is 0 Å². The van der Waals surface area contributed by atoms with Crippen molar-refractivity contribution in [3.8, 4) is 0 Å². The Morgan fingerprint density at radius 3 is 1.97 bits per heavy atom. The highest BCUT2D eigenvalue weighted by Crippen LogP contribution is 2.30. The van der Waals surface area contributed by atoms with Crippen molar-refractivity contribution in [3.05, 3.63) is 54.6 Å². The van der Waals surface area contributed by atoms with Crippen molar-refractivity contribution >= 4 is 33.0 Å². The molecule has 1 amide bonds. The number of hydrogen-bond donors (Lipinski definition) is 2. The average molecular weight is 472 g/mol. The lowest BCUT2D eigenvalue weighted by Crippen LogP contribution is -2.46. The monoisotopic (exact) mass is 471 g/mol. The van der Waals surface area contributed by atoms with Gasteiger partial charge in [0.15, 0.2) is 0 Å². The SMILES string of the molecule is CC(C)N(c1ccccc1)c1ccc(NC(=O)C2CCC(NS(=O)(=O)C(C)(C)C)CC2)cc1. The van der Waals surface area contributed by atoms with Gasteiger partial charge in [-0.15, -0.1) is 0 Å². The van der Waals surface area contributed by atoms with Gasteiger partial charge in [0.2, 0.25) is 15.9 Å². The average Bonchev–Trinajstić information content (AvgIpc) is 2.75. The van der Waals surface area contributed by atoms with E-state index in [-0.39, 0.29) is 17.9 Å². The van der Waals surface area contributed by atoms with E-state index in [1.54, 1.807) is 20.8 Å². The topological polar surface area (TPSA) is 78.5 Å². The van der Waals surface area contributed by atoms with Gasteiger partial charge < -0.3 is 10.2 Å². The Morgan fingerprint density at radius 1 is 0.909 bits per heavy atom. The van der Waals surface area contributed by atoms with Crippen LogP contribution in [0.3, 0.4) is 0 Å². The summed E-state index contributed by atoms with van der Waals surface area (Å²) in [4.78, 5) is 15.1. The minimum Gasteiger partial charge on any atom is -0.339 e. The highest BCUT2D eigenvalue weighted by Gasteiger charge is 2.34. The number of amides is 1. The number of benzene rings is 2. The number of carbonyl (C=O) groups excluding carboxylic acids is 1. The van der Waals surface area contributed by atoms with E-state index in [0.717, 1.165) is 17.1 Å². The molecule has 3 rings (SSSR count). The van der Waals surface area contributed by atoms with Gasteiger partial charge in [-0.25, -0.2) is 13.1 Å². The summed E-state index contributed by atoms with van der Waals surface area (Å²) < 4.78 is 26.8. The Bertz CT molecular complexity index is 1020. The molecule has 7 heteroatoms. The van der Waals surface area contributed by atoms with Crippen LogP contribution in [-0.4, -0.2) is 31.2 Å². The molecule has 6 nitrogen and oxygen atoms in total. The number of carbonyl (C=O) groups is 1. The zero-order chi connectivity index (χ0) is 24.2. The first-order valence-electron chi connectivity index (χ1n) is 11.7. The van der Waals surface area contributed by atoms with Gasteiger partial charge in [0.1, 0.15) is 0 Å². The number of hydrogen-bond acceptors (Lipinski definition) is 4. The Kier molecular flexibility index (Phi) is 7.85. The van der Waals surface area contributed by atoms with Gasteiger partial charge in [0.05, 0.1) is 4.75 Å². The van der Waals surface area contributed by atoms with E-state index in [4.69, 9.17) is 0 Å². The maximum atomic E-state index is 12.8. The van der Waals surface area contributed by atoms with Crippen molar-refractivity contribution in [1.82, 2.24) is 4.72 Å². The first-order chi connectivity index (χ1) is 15.5. The predicted molar refractivity (Wildman–Crippen MR) is 136 cm³/mol. The summed E-state index contributed by atoms with van der Waals surface area (Å²) in [5.41, 5.74) is 2.97. The summed E-state index contributed by atoms with van der Waals surface area (Å²) in [6.07, 6.45) is 2.70. The maximum Gasteiger partial charge on any atom is 0.227 e. The van der Waals surface area contributed by atoms with Crippen LogP contribution in [0.25, 0.3) is 0 Å². The number of sulfonamides is 1. The zero-order valence-electron chi connectivity index (χ0n) is 20.3. The molecule has 2 N–H and O–H groups in total. The summed E-state index contributed by atoms with van der Waals surface area (Å²) in [5, 5.41) is 3.04. The molecule has 1 fully saturated rings. The lowest BCUT2D eigenvalue weighted by Gasteiger charge is -2.31. The molecule has 0 heterocycles. The lowest BCUT2D eigenvalue weighted by atomic mass is 9.86. The second-order valence-electron chi connectivity index (χ2n) is 10.1. The van der Waals surface area contributed by atoms with Gasteiger partial charge in [-0.3, -0.25) is 4.79 Å². The van der Waals surface area contributed by atoms with Crippen molar-refractivity contribution in [3.63, 3.8) is 0 Å². The molecule has 33 heavy (non-hydrogen) atoms. The predicted octanol–water partition coefficient (Wildman–Crippen LogP) is 5.45. The summed E-state index contributed by atoms with van der Waals surface area (Å²) in [6, 6.07) is 18.4. The number of para-hydroxylation sites is 1. The fraction of sp³-hybridized carbons (Fsp3) is 0.500. The second-order valence-corrected chi connectivity index (χ2v) is 12.6. The van der Waals surface area contributed by atoms with E-state index < -0.39 is 14.8 Å². The summed E-state index contributed by atoms with van der Waals surface area (Å²) in [7, 11) is -3.38. The third-order valence-corrected chi connectivity index (χ3v) is 8.45. The number of nitrogens with one attached hydrogen (secondary N) is 2. The fourth-order valence-corrected chi connectivity index (χ4v) is 5.18. The van der Waals surface area contributed by atoms with Crippen LogP contribution in [0, 0.1) is 5.92 Å². The molecule has 0 radical (unpaired) electrons. The number of nitrogens with zero attached hydrogens (tertiary/aromatic N) is 1. The highest BCUT2D eigenvalue weighted by atomic mass is 32.2. The fourth-order valence-electron chi connectivity index (χ4n) is 4.15. The van der Waals surface area contributed by atoms with Gasteiger partial charge in [-0.2, -0.15) is 0 Å². The van der Waals surface area contributed by atoms with E-state index in [1.165, 1.54) is 0 Å². The molecular weight excluding hydrogens is 434 g/mol. The Morgan fingerprint density at radius 2 is 1.45 bits per heavy atom. The van der Waals surface area contributed by atoms with Gasteiger partial charge >= 0.3 is 0 Å². The van der Waals surface area contributed by atoms with Crippen molar-refractivity contribution in [2.24, 2.45) is 5.92 Å². The third-order valence-electron chi connectivity index (χ3n) is 6.19. The summed E-state index contributed by atoms with van der Waals surface area (Å²) >= 11 is 0. The quantitative estimate of drug-likeness (QED) is 0.563. The molecule has 0 aromatic heterocycles. The lowest BCUT2D eigenvalue weighted by molar-refractivity contribution is -0.120. The minimum absolute atomic E-state index is 0.00338. The first kappa shape index (κ1) is 25.2. The smallest absolute Gasteiger partial charge is 0.227 e. The van der Waals surface area contributed by atoms with Crippen LogP contribution < -0.4 is 14.9 Å². The van der Waals surface area contributed by atoms with Gasteiger partial charge in [-0.05, 0) is 96.7 Å². The molecule has 180 valence electrons. The minimum atomic E-state index is -3.38. The Hall–Kier alpha value is -2.38. The molecule has 2 aromatic rings. The molecule has 2 aromatic carbocycles. The van der Waals surface area contributed by atoms with Crippen molar-refractivity contribution in [2.75, 3.05) is 10.2 Å². The van der Waals surface area contributed by atoms with Crippen LogP contribution in [-0.2, 0) is 14.8 Å². The normalized spacial score (nSPS) is 19.3. The second kappa shape index (κ2) is 10.3. The van der Waals surface area contributed by atoms with Crippen molar-refractivity contribution in [2.45, 2.75) is 77.1 Å². The van der Waals surface area contributed by atoms with Crippen LogP contribution in [0.5, 0.6) is 0 Å². The third kappa shape index (κ3) is 6.36. The van der Waals surface area contributed by atoms with Crippen LogP contribution >= 0.6 is 0 Å².